The van der Waals surface area contributed by atoms with Crippen LogP contribution in [0.4, 0.5) is 0 Å². The average molecular weight is 559 g/mol. The predicted molar refractivity (Wildman–Crippen MR) is 156 cm³/mol. The molecule has 0 aromatic heterocycles. The maximum Gasteiger partial charge on any atom is 0.306 e. The van der Waals surface area contributed by atoms with E-state index in [0.29, 0.717) is 35.0 Å². The molecule has 1 heterocycles. The molecule has 0 amide bonds. The van der Waals surface area contributed by atoms with Gasteiger partial charge in [0.2, 0.25) is 0 Å². The zero-order chi connectivity index (χ0) is 29.3. The van der Waals surface area contributed by atoms with E-state index in [1.54, 1.807) is 13.8 Å². The van der Waals surface area contributed by atoms with Gasteiger partial charge in [0.25, 0.3) is 0 Å². The molecule has 5 heteroatoms. The molecule has 0 bridgehead atoms. The minimum Gasteiger partial charge on any atom is -0.457 e. The highest BCUT2D eigenvalue weighted by Gasteiger charge is 2.83. The Hall–Kier alpha value is -0.650. The molecule has 6 fully saturated rings. The fourth-order valence-electron chi connectivity index (χ4n) is 12.7. The van der Waals surface area contributed by atoms with E-state index in [1.807, 2.05) is 13.8 Å². The van der Waals surface area contributed by atoms with Crippen molar-refractivity contribution in [2.75, 3.05) is 0 Å². The van der Waals surface area contributed by atoms with Gasteiger partial charge in [-0.3, -0.25) is 4.79 Å². The Kier molecular flexibility index (Phi) is 6.58. The Balaban J connectivity index is 1.27. The molecular weight excluding hydrogens is 500 g/mol. The molecule has 2 spiro atoms. The Bertz CT molecular complexity index is 1030. The standard InChI is InChI=1S/C35H58O5/c1-20(2)16-27(37)40-29(31(6,7)38)22-17-21(3)28-23(39-22)18-33(9)25-11-10-24-30(4,5)26(36)12-13-34(24)19-35(25,34)15-14-32(28,33)8/h20-26,28-29,36,38H,10-19H2,1-9H3. The second-order valence-corrected chi connectivity index (χ2v) is 17.7. The zero-order valence-corrected chi connectivity index (χ0v) is 26.9. The zero-order valence-electron chi connectivity index (χ0n) is 26.9. The van der Waals surface area contributed by atoms with E-state index in [2.05, 4.69) is 34.6 Å². The lowest BCUT2D eigenvalue weighted by Gasteiger charge is -2.63. The summed E-state index contributed by atoms with van der Waals surface area (Å²) in [5.41, 5.74) is 0.183. The Labute approximate surface area is 243 Å². The van der Waals surface area contributed by atoms with E-state index < -0.39 is 11.7 Å². The topological polar surface area (TPSA) is 76.0 Å². The quantitative estimate of drug-likeness (QED) is 0.358. The van der Waals surface area contributed by atoms with Gasteiger partial charge in [0.05, 0.1) is 23.9 Å². The van der Waals surface area contributed by atoms with Gasteiger partial charge in [-0.2, -0.15) is 0 Å². The monoisotopic (exact) mass is 558 g/mol. The SMILES string of the molecule is CC(C)CC(=O)OC(C1CC(C)C2C(CC3(C)C4CCC5C(C)(C)C(O)CCC56CC46CCC23C)O1)C(C)(C)O. The van der Waals surface area contributed by atoms with Crippen LogP contribution in [-0.4, -0.2) is 46.2 Å². The lowest BCUT2D eigenvalue weighted by molar-refractivity contribution is -0.211. The third kappa shape index (κ3) is 3.77. The third-order valence-corrected chi connectivity index (χ3v) is 14.6. The summed E-state index contributed by atoms with van der Waals surface area (Å²) >= 11 is 0. The Morgan fingerprint density at radius 1 is 1.00 bits per heavy atom. The van der Waals surface area contributed by atoms with Crippen LogP contribution in [0.2, 0.25) is 0 Å². The molecule has 12 atom stereocenters. The van der Waals surface area contributed by atoms with Gasteiger partial charge < -0.3 is 19.7 Å². The fourth-order valence-corrected chi connectivity index (χ4v) is 12.7. The van der Waals surface area contributed by atoms with Crippen molar-refractivity contribution in [3.05, 3.63) is 0 Å². The fraction of sp³-hybridized carbons (Fsp3) is 0.971. The number of hydrogen-bond donors (Lipinski definition) is 2. The molecule has 2 N–H and O–H groups in total. The lowest BCUT2D eigenvalue weighted by Crippen LogP contribution is -2.58. The largest absolute Gasteiger partial charge is 0.457 e. The first-order valence-electron chi connectivity index (χ1n) is 16.7. The van der Waals surface area contributed by atoms with Crippen molar-refractivity contribution in [2.24, 2.45) is 56.7 Å². The summed E-state index contributed by atoms with van der Waals surface area (Å²) in [6.45, 7) is 19.9. The summed E-state index contributed by atoms with van der Waals surface area (Å²) in [7, 11) is 0. The second-order valence-electron chi connectivity index (χ2n) is 17.7. The van der Waals surface area contributed by atoms with Gasteiger partial charge >= 0.3 is 5.97 Å². The molecule has 5 nitrogen and oxygen atoms in total. The molecule has 5 aliphatic carbocycles. The number of aliphatic hydroxyl groups is 2. The molecule has 12 unspecified atom stereocenters. The number of ether oxygens (including phenoxy) is 2. The average Bonchev–Trinajstić information content (AvgIpc) is 3.42. The molecule has 228 valence electrons. The highest BCUT2D eigenvalue weighted by Crippen LogP contribution is 2.89. The van der Waals surface area contributed by atoms with Crippen molar-refractivity contribution in [1.82, 2.24) is 0 Å². The number of hydrogen-bond acceptors (Lipinski definition) is 5. The van der Waals surface area contributed by atoms with Crippen LogP contribution in [0.1, 0.15) is 127 Å². The van der Waals surface area contributed by atoms with Crippen LogP contribution < -0.4 is 0 Å². The van der Waals surface area contributed by atoms with E-state index in [4.69, 9.17) is 9.47 Å². The van der Waals surface area contributed by atoms with Crippen LogP contribution in [0.3, 0.4) is 0 Å². The van der Waals surface area contributed by atoms with Gasteiger partial charge in [0.1, 0.15) is 0 Å². The number of carbonyl (C=O) groups excluding carboxylic acids is 1. The van der Waals surface area contributed by atoms with E-state index in [9.17, 15) is 15.0 Å². The van der Waals surface area contributed by atoms with Gasteiger partial charge in [-0.25, -0.2) is 0 Å². The van der Waals surface area contributed by atoms with E-state index in [0.717, 1.165) is 25.2 Å². The summed E-state index contributed by atoms with van der Waals surface area (Å²) in [6.07, 6.45) is 9.99. The smallest absolute Gasteiger partial charge is 0.306 e. The first-order chi connectivity index (χ1) is 18.4. The van der Waals surface area contributed by atoms with Crippen molar-refractivity contribution >= 4 is 5.97 Å². The number of aliphatic hydroxyl groups excluding tert-OH is 1. The van der Waals surface area contributed by atoms with Gasteiger partial charge in [-0.15, -0.1) is 0 Å². The van der Waals surface area contributed by atoms with Crippen molar-refractivity contribution in [3.63, 3.8) is 0 Å². The lowest BCUT2D eigenvalue weighted by atomic mass is 9.41. The van der Waals surface area contributed by atoms with Crippen molar-refractivity contribution in [2.45, 2.75) is 157 Å². The van der Waals surface area contributed by atoms with E-state index in [-0.39, 0.29) is 46.4 Å². The van der Waals surface area contributed by atoms with Crippen LogP contribution in [0, 0.1) is 56.7 Å². The van der Waals surface area contributed by atoms with Gasteiger partial charge in [0, 0.05) is 6.42 Å². The molecular formula is C35H58O5. The van der Waals surface area contributed by atoms with Crippen molar-refractivity contribution in [1.29, 1.82) is 0 Å². The summed E-state index contributed by atoms with van der Waals surface area (Å²) in [5, 5.41) is 22.1. The molecule has 1 saturated heterocycles. The molecule has 0 radical (unpaired) electrons. The predicted octanol–water partition coefficient (Wildman–Crippen LogP) is 6.92. The van der Waals surface area contributed by atoms with Crippen LogP contribution in [-0.2, 0) is 14.3 Å². The minimum atomic E-state index is -1.16. The number of fused-ring (bicyclic) bond motifs is 4. The van der Waals surface area contributed by atoms with Crippen LogP contribution >= 0.6 is 0 Å². The minimum absolute atomic E-state index is 0.0159. The van der Waals surface area contributed by atoms with E-state index >= 15 is 0 Å². The highest BCUT2D eigenvalue weighted by atomic mass is 16.6. The summed E-state index contributed by atoms with van der Waals surface area (Å²) in [4.78, 5) is 12.7. The van der Waals surface area contributed by atoms with E-state index in [1.165, 1.54) is 38.5 Å². The molecule has 0 aromatic rings. The van der Waals surface area contributed by atoms with Crippen molar-refractivity contribution < 1.29 is 24.5 Å². The summed E-state index contributed by atoms with van der Waals surface area (Å²) in [6, 6.07) is 0. The summed E-state index contributed by atoms with van der Waals surface area (Å²) < 4.78 is 13.0. The number of esters is 1. The number of rotatable bonds is 5. The molecule has 1 aliphatic heterocycles. The molecule has 0 aromatic carbocycles. The van der Waals surface area contributed by atoms with Crippen molar-refractivity contribution in [3.8, 4) is 0 Å². The highest BCUT2D eigenvalue weighted by molar-refractivity contribution is 5.70. The normalized spacial score (nSPS) is 51.5. The van der Waals surface area contributed by atoms with Crippen LogP contribution in [0.15, 0.2) is 0 Å². The van der Waals surface area contributed by atoms with Gasteiger partial charge in [-0.05, 0) is 128 Å². The third-order valence-electron chi connectivity index (χ3n) is 14.6. The Morgan fingerprint density at radius 3 is 2.30 bits per heavy atom. The maximum absolute atomic E-state index is 12.7. The Morgan fingerprint density at radius 2 is 1.65 bits per heavy atom. The molecule has 40 heavy (non-hydrogen) atoms. The first kappa shape index (κ1) is 29.4. The molecule has 6 aliphatic rings. The second kappa shape index (κ2) is 8.94. The number of carbonyl (C=O) groups is 1. The molecule has 5 saturated carbocycles. The first-order valence-corrected chi connectivity index (χ1v) is 16.7. The van der Waals surface area contributed by atoms with Gasteiger partial charge in [0.15, 0.2) is 6.10 Å². The van der Waals surface area contributed by atoms with Gasteiger partial charge in [-0.1, -0.05) is 48.5 Å². The molecule has 6 rings (SSSR count). The van der Waals surface area contributed by atoms with Crippen LogP contribution in [0.25, 0.3) is 0 Å². The maximum atomic E-state index is 12.7. The summed E-state index contributed by atoms with van der Waals surface area (Å²) in [5.74, 6) is 2.29. The van der Waals surface area contributed by atoms with Crippen LogP contribution in [0.5, 0.6) is 0 Å².